The van der Waals surface area contributed by atoms with Crippen molar-refractivity contribution in [2.24, 2.45) is 5.92 Å². The van der Waals surface area contributed by atoms with Crippen molar-refractivity contribution in [3.63, 3.8) is 0 Å². The van der Waals surface area contributed by atoms with E-state index >= 15 is 0 Å². The van der Waals surface area contributed by atoms with Crippen LogP contribution < -0.4 is 5.32 Å². The first-order valence-electron chi connectivity index (χ1n) is 12.2. The number of piperidine rings is 1. The van der Waals surface area contributed by atoms with Crippen LogP contribution in [0.1, 0.15) is 57.0 Å². The van der Waals surface area contributed by atoms with Gasteiger partial charge in [0.1, 0.15) is 11.6 Å². The van der Waals surface area contributed by atoms with Gasteiger partial charge in [0.2, 0.25) is 11.8 Å². The molecule has 33 heavy (non-hydrogen) atoms. The highest BCUT2D eigenvalue weighted by molar-refractivity contribution is 6.00. The van der Waals surface area contributed by atoms with Crippen molar-refractivity contribution in [2.75, 3.05) is 19.6 Å². The van der Waals surface area contributed by atoms with Gasteiger partial charge in [-0.1, -0.05) is 32.0 Å². The van der Waals surface area contributed by atoms with Crippen molar-refractivity contribution in [1.82, 2.24) is 24.9 Å². The standard InChI is InChI=1S/C26H37N5O2/c1-6-30-24(32)23(16-18(2)3)27-25(33)26(30)12-14-29(15-13-26)17-22-19(4)28-31(20(22)5)21-10-8-7-9-11-21/h7-11,18,23H,6,12-17H2,1-5H3,(H,27,33). The van der Waals surface area contributed by atoms with Crippen molar-refractivity contribution < 1.29 is 9.59 Å². The Hall–Kier alpha value is -2.67. The van der Waals surface area contributed by atoms with Gasteiger partial charge in [-0.05, 0) is 58.1 Å². The molecule has 2 fully saturated rings. The second-order valence-electron chi connectivity index (χ2n) is 9.94. The maximum Gasteiger partial charge on any atom is 0.246 e. The van der Waals surface area contributed by atoms with Crippen LogP contribution in [0.3, 0.4) is 0 Å². The van der Waals surface area contributed by atoms with Crippen LogP contribution in [0, 0.1) is 19.8 Å². The predicted molar refractivity (Wildman–Crippen MR) is 129 cm³/mol. The summed E-state index contributed by atoms with van der Waals surface area (Å²) in [6, 6.07) is 9.80. The minimum Gasteiger partial charge on any atom is -0.342 e. The molecular formula is C26H37N5O2. The Balaban J connectivity index is 1.48. The Kier molecular flexibility index (Phi) is 6.61. The number of piperazine rings is 1. The first-order valence-corrected chi connectivity index (χ1v) is 12.2. The molecule has 1 spiro atoms. The van der Waals surface area contributed by atoms with Gasteiger partial charge in [0.25, 0.3) is 0 Å². The third kappa shape index (κ3) is 4.31. The lowest BCUT2D eigenvalue weighted by atomic mass is 9.81. The molecule has 1 atom stereocenters. The quantitative estimate of drug-likeness (QED) is 0.732. The second kappa shape index (κ2) is 9.29. The molecule has 178 valence electrons. The Morgan fingerprint density at radius 3 is 2.39 bits per heavy atom. The number of aryl methyl sites for hydroxylation is 1. The summed E-state index contributed by atoms with van der Waals surface area (Å²) in [5.41, 5.74) is 3.77. The third-order valence-electron chi connectivity index (χ3n) is 7.34. The zero-order valence-corrected chi connectivity index (χ0v) is 20.6. The Labute approximate surface area is 197 Å². The second-order valence-corrected chi connectivity index (χ2v) is 9.94. The van der Waals surface area contributed by atoms with Gasteiger partial charge >= 0.3 is 0 Å². The molecule has 2 aliphatic rings. The average molecular weight is 452 g/mol. The predicted octanol–water partition coefficient (Wildman–Crippen LogP) is 3.22. The van der Waals surface area contributed by atoms with Gasteiger partial charge in [-0.3, -0.25) is 14.5 Å². The summed E-state index contributed by atoms with van der Waals surface area (Å²) in [4.78, 5) is 30.7. The zero-order valence-electron chi connectivity index (χ0n) is 20.6. The van der Waals surface area contributed by atoms with Crippen LogP contribution in [0.5, 0.6) is 0 Å². The number of likely N-dealkylation sites (tertiary alicyclic amines) is 1. The van der Waals surface area contributed by atoms with E-state index in [1.807, 2.05) is 34.7 Å². The fourth-order valence-electron chi connectivity index (χ4n) is 5.49. The van der Waals surface area contributed by atoms with Gasteiger partial charge in [-0.25, -0.2) is 4.68 Å². The molecule has 2 aliphatic heterocycles. The largest absolute Gasteiger partial charge is 0.342 e. The van der Waals surface area contributed by atoms with Crippen LogP contribution in [0.2, 0.25) is 0 Å². The number of hydrogen-bond donors (Lipinski definition) is 1. The van der Waals surface area contributed by atoms with Gasteiger partial charge in [-0.2, -0.15) is 5.10 Å². The zero-order chi connectivity index (χ0) is 23.8. The summed E-state index contributed by atoms with van der Waals surface area (Å²) in [6.07, 6.45) is 2.02. The number of nitrogens with zero attached hydrogens (tertiary/aromatic N) is 4. The van der Waals surface area contributed by atoms with Crippen LogP contribution in [-0.2, 0) is 16.1 Å². The Bertz CT molecular complexity index is 1010. The third-order valence-corrected chi connectivity index (χ3v) is 7.34. The molecule has 7 nitrogen and oxygen atoms in total. The number of carbonyl (C=O) groups excluding carboxylic acids is 2. The van der Waals surface area contributed by atoms with Crippen LogP contribution in [-0.4, -0.2) is 62.6 Å². The molecule has 7 heteroatoms. The molecule has 2 aromatic rings. The maximum absolute atomic E-state index is 13.3. The van der Waals surface area contributed by atoms with E-state index in [0.717, 1.165) is 36.7 Å². The molecule has 0 saturated carbocycles. The SMILES string of the molecule is CCN1C(=O)C(CC(C)C)NC(=O)C12CCN(Cc1c(C)nn(-c3ccccc3)c1C)CC2. The lowest BCUT2D eigenvalue weighted by molar-refractivity contribution is -0.161. The highest BCUT2D eigenvalue weighted by Gasteiger charge is 2.53. The van der Waals surface area contributed by atoms with Crippen molar-refractivity contribution in [1.29, 1.82) is 0 Å². The van der Waals surface area contributed by atoms with Crippen LogP contribution in [0.4, 0.5) is 0 Å². The van der Waals surface area contributed by atoms with Crippen molar-refractivity contribution in [3.8, 4) is 5.69 Å². The van der Waals surface area contributed by atoms with Crippen molar-refractivity contribution in [2.45, 2.75) is 72.0 Å². The minimum atomic E-state index is -0.714. The van der Waals surface area contributed by atoms with Gasteiger partial charge in [0, 0.05) is 37.4 Å². The number of amides is 2. The number of benzene rings is 1. The summed E-state index contributed by atoms with van der Waals surface area (Å²) in [6.45, 7) is 13.3. The number of aromatic nitrogens is 2. The molecule has 3 heterocycles. The lowest BCUT2D eigenvalue weighted by Crippen LogP contribution is -2.72. The van der Waals surface area contributed by atoms with E-state index in [2.05, 4.69) is 50.0 Å². The first-order chi connectivity index (χ1) is 15.8. The number of hydrogen-bond acceptors (Lipinski definition) is 4. The molecular weight excluding hydrogens is 414 g/mol. The van der Waals surface area contributed by atoms with E-state index in [1.54, 1.807) is 0 Å². The molecule has 1 aromatic heterocycles. The summed E-state index contributed by atoms with van der Waals surface area (Å²) in [7, 11) is 0. The molecule has 1 unspecified atom stereocenters. The molecule has 0 aliphatic carbocycles. The van der Waals surface area contributed by atoms with Crippen LogP contribution >= 0.6 is 0 Å². The Morgan fingerprint density at radius 2 is 1.79 bits per heavy atom. The van der Waals surface area contributed by atoms with Gasteiger partial charge in [0.15, 0.2) is 0 Å². The lowest BCUT2D eigenvalue weighted by Gasteiger charge is -2.51. The van der Waals surface area contributed by atoms with Crippen molar-refractivity contribution >= 4 is 11.8 Å². The van der Waals surface area contributed by atoms with E-state index in [4.69, 9.17) is 5.10 Å². The number of likely N-dealkylation sites (N-methyl/N-ethyl adjacent to an activating group) is 1. The molecule has 0 bridgehead atoms. The normalized spacial score (nSPS) is 21.2. The fourth-order valence-corrected chi connectivity index (χ4v) is 5.49. The fraction of sp³-hybridized carbons (Fsp3) is 0.577. The molecule has 1 aromatic carbocycles. The summed E-state index contributed by atoms with van der Waals surface area (Å²) in [5, 5.41) is 7.85. The number of nitrogens with one attached hydrogen (secondary N) is 1. The van der Waals surface area contributed by atoms with E-state index in [0.29, 0.717) is 31.7 Å². The van der Waals surface area contributed by atoms with E-state index in [-0.39, 0.29) is 11.8 Å². The molecule has 2 amide bonds. The molecule has 0 radical (unpaired) electrons. The monoisotopic (exact) mass is 451 g/mol. The average Bonchev–Trinajstić information content (AvgIpc) is 3.08. The summed E-state index contributed by atoms with van der Waals surface area (Å²) < 4.78 is 2.01. The summed E-state index contributed by atoms with van der Waals surface area (Å²) >= 11 is 0. The van der Waals surface area contributed by atoms with Crippen molar-refractivity contribution in [3.05, 3.63) is 47.3 Å². The topological polar surface area (TPSA) is 70.5 Å². The number of carbonyl (C=O) groups is 2. The van der Waals surface area contributed by atoms with Gasteiger partial charge in [-0.15, -0.1) is 0 Å². The van der Waals surface area contributed by atoms with Gasteiger partial charge in [0.05, 0.1) is 11.4 Å². The minimum absolute atomic E-state index is 0.0264. The molecule has 1 N–H and O–H groups in total. The smallest absolute Gasteiger partial charge is 0.246 e. The first kappa shape index (κ1) is 23.5. The highest BCUT2D eigenvalue weighted by atomic mass is 16.2. The van der Waals surface area contributed by atoms with E-state index < -0.39 is 11.6 Å². The summed E-state index contributed by atoms with van der Waals surface area (Å²) in [5.74, 6) is 0.464. The maximum atomic E-state index is 13.3. The molecule has 4 rings (SSSR count). The van der Waals surface area contributed by atoms with Crippen LogP contribution in [0.25, 0.3) is 5.69 Å². The number of rotatable bonds is 6. The van der Waals surface area contributed by atoms with Gasteiger partial charge < -0.3 is 10.2 Å². The number of para-hydroxylation sites is 1. The van der Waals surface area contributed by atoms with E-state index in [9.17, 15) is 9.59 Å². The van der Waals surface area contributed by atoms with E-state index in [1.165, 1.54) is 5.56 Å². The Morgan fingerprint density at radius 1 is 1.12 bits per heavy atom. The molecule has 2 saturated heterocycles. The van der Waals surface area contributed by atoms with Crippen LogP contribution in [0.15, 0.2) is 30.3 Å². The highest BCUT2D eigenvalue weighted by Crippen LogP contribution is 2.34.